The quantitative estimate of drug-likeness (QED) is 0.833. The second-order valence-corrected chi connectivity index (χ2v) is 6.29. The summed E-state index contributed by atoms with van der Waals surface area (Å²) in [6.45, 7) is 10.9. The number of nitrogens with one attached hydrogen (secondary N) is 2. The molecule has 120 valence electrons. The molecular formula is C17H26N4O. The molecule has 1 aromatic carbocycles. The highest BCUT2D eigenvalue weighted by Crippen LogP contribution is 2.13. The molecule has 0 aliphatic heterocycles. The highest BCUT2D eigenvalue weighted by Gasteiger charge is 2.02. The largest absolute Gasteiger partial charge is 0.341 e. The van der Waals surface area contributed by atoms with Crippen LogP contribution < -0.4 is 5.32 Å². The van der Waals surface area contributed by atoms with Crippen molar-refractivity contribution in [3.05, 3.63) is 29.6 Å². The zero-order chi connectivity index (χ0) is 17.2. The van der Waals surface area contributed by atoms with Crippen molar-refractivity contribution in [3.8, 4) is 6.07 Å². The van der Waals surface area contributed by atoms with E-state index in [0.717, 1.165) is 23.1 Å². The molecule has 0 saturated heterocycles. The highest BCUT2D eigenvalue weighted by molar-refractivity contribution is 5.76. The van der Waals surface area contributed by atoms with E-state index < -0.39 is 0 Å². The predicted molar refractivity (Wildman–Crippen MR) is 90.4 cm³/mol. The third-order valence-corrected chi connectivity index (χ3v) is 2.00. The first-order valence-electron chi connectivity index (χ1n) is 7.18. The van der Waals surface area contributed by atoms with Gasteiger partial charge in [0.1, 0.15) is 12.1 Å². The van der Waals surface area contributed by atoms with Gasteiger partial charge in [-0.2, -0.15) is 5.26 Å². The molecule has 0 aliphatic carbocycles. The molecule has 0 saturated carbocycles. The molecule has 0 aliphatic rings. The van der Waals surface area contributed by atoms with E-state index in [1.165, 1.54) is 6.92 Å². The Morgan fingerprint density at radius 1 is 1.36 bits per heavy atom. The monoisotopic (exact) mass is 302 g/mol. The summed E-state index contributed by atoms with van der Waals surface area (Å²) in [5.41, 5.74) is 2.96. The summed E-state index contributed by atoms with van der Waals surface area (Å²) in [6, 6.07) is 7.52. The molecule has 22 heavy (non-hydrogen) atoms. The molecule has 2 rings (SSSR count). The van der Waals surface area contributed by atoms with Crippen LogP contribution in [-0.4, -0.2) is 23.3 Å². The van der Waals surface area contributed by atoms with Gasteiger partial charge in [0.2, 0.25) is 0 Å². The van der Waals surface area contributed by atoms with Crippen LogP contribution in [0.15, 0.2) is 18.2 Å². The van der Waals surface area contributed by atoms with Crippen LogP contribution in [0, 0.1) is 16.7 Å². The lowest BCUT2D eigenvalue weighted by atomic mass is 10.0. The molecule has 0 atom stereocenters. The van der Waals surface area contributed by atoms with Crippen molar-refractivity contribution in [1.29, 1.82) is 5.26 Å². The van der Waals surface area contributed by atoms with Crippen molar-refractivity contribution in [3.63, 3.8) is 0 Å². The Bertz CT molecular complexity index is 612. The van der Waals surface area contributed by atoms with Crippen molar-refractivity contribution < 1.29 is 4.79 Å². The van der Waals surface area contributed by atoms with E-state index in [0.29, 0.717) is 17.5 Å². The Morgan fingerprint density at radius 2 is 1.91 bits per heavy atom. The van der Waals surface area contributed by atoms with Crippen molar-refractivity contribution in [2.24, 2.45) is 5.41 Å². The minimum absolute atomic E-state index is 0.500. The van der Waals surface area contributed by atoms with E-state index in [4.69, 9.17) is 10.1 Å². The van der Waals surface area contributed by atoms with E-state index >= 15 is 0 Å². The number of nitrogens with zero attached hydrogens (tertiary/aromatic N) is 2. The fraction of sp³-hybridized carbons (Fsp3) is 0.471. The number of aldehydes is 1. The van der Waals surface area contributed by atoms with Gasteiger partial charge >= 0.3 is 0 Å². The molecule has 1 heterocycles. The molecule has 0 bridgehead atoms. The number of aromatic amines is 1. The predicted octanol–water partition coefficient (Wildman–Crippen LogP) is 3.41. The molecule has 0 spiro atoms. The lowest BCUT2D eigenvalue weighted by Gasteiger charge is -2.05. The molecule has 0 amide bonds. The van der Waals surface area contributed by atoms with Crippen molar-refractivity contribution in [1.82, 2.24) is 15.3 Å². The third-order valence-electron chi connectivity index (χ3n) is 2.00. The number of H-pyrrole nitrogens is 1. The average molecular weight is 302 g/mol. The Kier molecular flexibility index (Phi) is 8.73. The van der Waals surface area contributed by atoms with E-state index in [1.807, 2.05) is 19.2 Å². The molecule has 0 radical (unpaired) electrons. The Labute approximate surface area is 132 Å². The second-order valence-electron chi connectivity index (χ2n) is 6.29. The first kappa shape index (κ1) is 19.8. The SMILES string of the molecule is CC(C)(C)C.CC=O.CNCc1nc2ccc(C#N)cc2[nH]1. The number of fused-ring (bicyclic) bond motifs is 1. The smallest absolute Gasteiger partial charge is 0.121 e. The summed E-state index contributed by atoms with van der Waals surface area (Å²) >= 11 is 0. The molecular weight excluding hydrogens is 276 g/mol. The molecule has 1 aromatic heterocycles. The van der Waals surface area contributed by atoms with Crippen LogP contribution in [0.5, 0.6) is 0 Å². The van der Waals surface area contributed by atoms with Gasteiger partial charge in [-0.25, -0.2) is 4.98 Å². The Hall–Kier alpha value is -2.19. The zero-order valence-electron chi connectivity index (χ0n) is 14.3. The minimum atomic E-state index is 0.500. The summed E-state index contributed by atoms with van der Waals surface area (Å²) in [6.07, 6.45) is 0.750. The molecule has 5 heteroatoms. The van der Waals surface area contributed by atoms with Crippen LogP contribution in [0.4, 0.5) is 0 Å². The zero-order valence-corrected chi connectivity index (χ0v) is 14.3. The number of aromatic nitrogens is 2. The molecule has 0 unspecified atom stereocenters. The van der Waals surface area contributed by atoms with Gasteiger partial charge in [-0.05, 0) is 37.6 Å². The molecule has 2 aromatic rings. The van der Waals surface area contributed by atoms with Gasteiger partial charge in [0.25, 0.3) is 0 Å². The Balaban J connectivity index is 0.000000465. The lowest BCUT2D eigenvalue weighted by molar-refractivity contribution is -0.106. The van der Waals surface area contributed by atoms with Crippen LogP contribution in [0.25, 0.3) is 11.0 Å². The fourth-order valence-corrected chi connectivity index (χ4v) is 1.38. The summed E-state index contributed by atoms with van der Waals surface area (Å²) in [5, 5.41) is 11.7. The molecule has 5 nitrogen and oxygen atoms in total. The first-order chi connectivity index (χ1) is 10.2. The van der Waals surface area contributed by atoms with Gasteiger partial charge < -0.3 is 15.1 Å². The van der Waals surface area contributed by atoms with Crippen LogP contribution in [-0.2, 0) is 11.3 Å². The van der Waals surface area contributed by atoms with E-state index in [-0.39, 0.29) is 0 Å². The van der Waals surface area contributed by atoms with Crippen molar-refractivity contribution >= 4 is 17.3 Å². The number of imidazole rings is 1. The molecule has 0 fully saturated rings. The fourth-order valence-electron chi connectivity index (χ4n) is 1.38. The lowest BCUT2D eigenvalue weighted by Crippen LogP contribution is -2.06. The number of nitriles is 1. The highest BCUT2D eigenvalue weighted by atomic mass is 16.1. The number of hydrogen-bond acceptors (Lipinski definition) is 4. The maximum absolute atomic E-state index is 8.81. The average Bonchev–Trinajstić information content (AvgIpc) is 2.79. The topological polar surface area (TPSA) is 81.6 Å². The van der Waals surface area contributed by atoms with E-state index in [1.54, 1.807) is 6.07 Å². The van der Waals surface area contributed by atoms with E-state index in [2.05, 4.69) is 49.0 Å². The van der Waals surface area contributed by atoms with Crippen LogP contribution in [0.1, 0.15) is 46.0 Å². The first-order valence-corrected chi connectivity index (χ1v) is 7.18. The number of hydrogen-bond donors (Lipinski definition) is 2. The standard InChI is InChI=1S/C10H10N4.C5H12.C2H4O/c1-12-6-10-13-8-3-2-7(5-11)4-9(8)14-10;1-5(2,3)4;1-2-3/h2-4,12H,6H2,1H3,(H,13,14);1-4H3;2H,1H3. The summed E-state index contributed by atoms with van der Waals surface area (Å²) in [5.74, 6) is 0.887. The normalized spacial score (nSPS) is 9.86. The van der Waals surface area contributed by atoms with Crippen molar-refractivity contribution in [2.45, 2.75) is 41.2 Å². The van der Waals surface area contributed by atoms with Crippen LogP contribution in [0.3, 0.4) is 0 Å². The summed E-state index contributed by atoms with van der Waals surface area (Å²) < 4.78 is 0. The number of benzene rings is 1. The minimum Gasteiger partial charge on any atom is -0.341 e. The van der Waals surface area contributed by atoms with Gasteiger partial charge in [0.15, 0.2) is 0 Å². The number of carbonyl (C=O) groups excluding carboxylic acids is 1. The molecule has 2 N–H and O–H groups in total. The third kappa shape index (κ3) is 8.88. The number of rotatable bonds is 2. The van der Waals surface area contributed by atoms with E-state index in [9.17, 15) is 0 Å². The Morgan fingerprint density at radius 3 is 2.36 bits per heavy atom. The maximum Gasteiger partial charge on any atom is 0.121 e. The van der Waals surface area contributed by atoms with Crippen LogP contribution >= 0.6 is 0 Å². The number of carbonyl (C=O) groups is 1. The van der Waals surface area contributed by atoms with Gasteiger partial charge in [-0.1, -0.05) is 27.7 Å². The van der Waals surface area contributed by atoms with Crippen molar-refractivity contribution in [2.75, 3.05) is 7.05 Å². The van der Waals surface area contributed by atoms with Gasteiger partial charge in [0.05, 0.1) is 29.2 Å². The second kappa shape index (κ2) is 9.69. The van der Waals surface area contributed by atoms with Gasteiger partial charge in [-0.3, -0.25) is 0 Å². The van der Waals surface area contributed by atoms with Gasteiger partial charge in [0, 0.05) is 0 Å². The summed E-state index contributed by atoms with van der Waals surface area (Å²) in [4.78, 5) is 16.3. The summed E-state index contributed by atoms with van der Waals surface area (Å²) in [7, 11) is 1.87. The van der Waals surface area contributed by atoms with Gasteiger partial charge in [-0.15, -0.1) is 0 Å². The maximum atomic E-state index is 8.81. The van der Waals surface area contributed by atoms with Crippen LogP contribution in [0.2, 0.25) is 0 Å².